The summed E-state index contributed by atoms with van der Waals surface area (Å²) in [5, 5.41) is 0. The van der Waals surface area contributed by atoms with E-state index in [2.05, 4.69) is 27.0 Å². The summed E-state index contributed by atoms with van der Waals surface area (Å²) in [6.45, 7) is 4.87. The van der Waals surface area contributed by atoms with Crippen molar-refractivity contribution in [1.82, 2.24) is 18.7 Å². The first-order valence-electron chi connectivity index (χ1n) is 7.82. The van der Waals surface area contributed by atoms with Gasteiger partial charge in [0, 0.05) is 14.1 Å². The lowest BCUT2D eigenvalue weighted by Gasteiger charge is -2.11. The Labute approximate surface area is 152 Å². The first-order chi connectivity index (χ1) is 11.8. The number of halogens is 1. The lowest BCUT2D eigenvalue weighted by molar-refractivity contribution is 0.298. The van der Waals surface area contributed by atoms with Gasteiger partial charge in [0.25, 0.3) is 5.56 Å². The van der Waals surface area contributed by atoms with Gasteiger partial charge in [0.05, 0.1) is 6.54 Å². The van der Waals surface area contributed by atoms with Crippen molar-refractivity contribution in [1.29, 1.82) is 0 Å². The number of nitrogens with zero attached hydrogens (tertiary/aromatic N) is 4. The molecule has 0 amide bonds. The van der Waals surface area contributed by atoms with Crippen LogP contribution in [0.5, 0.6) is 5.75 Å². The summed E-state index contributed by atoms with van der Waals surface area (Å²) < 4.78 is 10.6. The van der Waals surface area contributed by atoms with E-state index in [0.717, 1.165) is 21.4 Å². The highest BCUT2D eigenvalue weighted by Gasteiger charge is 2.17. The molecule has 132 valence electrons. The number of hydrogen-bond donors (Lipinski definition) is 0. The predicted molar refractivity (Wildman–Crippen MR) is 99.3 cm³/mol. The molecule has 0 N–H and O–H groups in total. The molecule has 0 aliphatic heterocycles. The average Bonchev–Trinajstić information content (AvgIpc) is 2.87. The molecule has 0 fully saturated rings. The Morgan fingerprint density at radius 1 is 1.08 bits per heavy atom. The number of rotatable bonds is 4. The van der Waals surface area contributed by atoms with Crippen LogP contribution in [0, 0.1) is 13.8 Å². The SMILES string of the molecule is Cc1cc(C)cc(OCCn2c(Br)nc3c(=O)n(C)c(=O)n(C)c32)c1. The monoisotopic (exact) mass is 406 g/mol. The molecule has 1 aromatic carbocycles. The van der Waals surface area contributed by atoms with Crippen molar-refractivity contribution >= 4 is 27.1 Å². The normalized spacial score (nSPS) is 11.2. The third-order valence-electron chi connectivity index (χ3n) is 4.07. The van der Waals surface area contributed by atoms with Crippen molar-refractivity contribution in [3.8, 4) is 5.75 Å². The molecule has 0 atom stereocenters. The smallest absolute Gasteiger partial charge is 0.332 e. The highest BCUT2D eigenvalue weighted by atomic mass is 79.9. The summed E-state index contributed by atoms with van der Waals surface area (Å²) in [5.41, 5.74) is 2.20. The van der Waals surface area contributed by atoms with Gasteiger partial charge in [-0.25, -0.2) is 9.78 Å². The van der Waals surface area contributed by atoms with E-state index in [1.165, 1.54) is 11.6 Å². The van der Waals surface area contributed by atoms with Gasteiger partial charge in [-0.3, -0.25) is 13.9 Å². The molecular formula is C17H19BrN4O3. The first-order valence-corrected chi connectivity index (χ1v) is 8.61. The van der Waals surface area contributed by atoms with Crippen molar-refractivity contribution in [2.45, 2.75) is 20.4 Å². The van der Waals surface area contributed by atoms with Gasteiger partial charge in [-0.15, -0.1) is 0 Å². The predicted octanol–water partition coefficient (Wildman–Crippen LogP) is 1.89. The molecule has 0 bridgehead atoms. The standard InChI is InChI=1S/C17H19BrN4O3/c1-10-7-11(2)9-12(8-10)25-6-5-22-14-13(19-16(22)18)15(23)21(4)17(24)20(14)3/h7-9H,5-6H2,1-4H3. The topological polar surface area (TPSA) is 71.1 Å². The van der Waals surface area contributed by atoms with E-state index in [0.29, 0.717) is 23.5 Å². The van der Waals surface area contributed by atoms with E-state index in [1.807, 2.05) is 26.0 Å². The first kappa shape index (κ1) is 17.5. The summed E-state index contributed by atoms with van der Waals surface area (Å²) in [6.07, 6.45) is 0. The van der Waals surface area contributed by atoms with Crippen LogP contribution in [0.25, 0.3) is 11.2 Å². The fraction of sp³-hybridized carbons (Fsp3) is 0.353. The summed E-state index contributed by atoms with van der Waals surface area (Å²) >= 11 is 3.37. The van der Waals surface area contributed by atoms with Crippen LogP contribution in [0.15, 0.2) is 32.5 Å². The summed E-state index contributed by atoms with van der Waals surface area (Å²) in [4.78, 5) is 28.7. The fourth-order valence-corrected chi connectivity index (χ4v) is 3.45. The Balaban J connectivity index is 1.93. The summed E-state index contributed by atoms with van der Waals surface area (Å²) in [7, 11) is 3.07. The number of aryl methyl sites for hydroxylation is 3. The van der Waals surface area contributed by atoms with Crippen molar-refractivity contribution < 1.29 is 4.74 Å². The second-order valence-corrected chi connectivity index (χ2v) is 6.79. The van der Waals surface area contributed by atoms with E-state index in [1.54, 1.807) is 11.6 Å². The van der Waals surface area contributed by atoms with Gasteiger partial charge in [-0.05, 0) is 53.0 Å². The molecule has 3 aromatic rings. The van der Waals surface area contributed by atoms with Gasteiger partial charge in [-0.1, -0.05) is 6.07 Å². The maximum absolute atomic E-state index is 12.3. The maximum atomic E-state index is 12.3. The number of ether oxygens (including phenoxy) is 1. The van der Waals surface area contributed by atoms with Crippen LogP contribution in [0.3, 0.4) is 0 Å². The Morgan fingerprint density at radius 3 is 2.36 bits per heavy atom. The number of aromatic nitrogens is 4. The van der Waals surface area contributed by atoms with E-state index in [-0.39, 0.29) is 11.2 Å². The zero-order valence-electron chi connectivity index (χ0n) is 14.5. The lowest BCUT2D eigenvalue weighted by atomic mass is 10.1. The molecule has 2 aromatic heterocycles. The van der Waals surface area contributed by atoms with Gasteiger partial charge < -0.3 is 9.30 Å². The van der Waals surface area contributed by atoms with Crippen LogP contribution < -0.4 is 16.0 Å². The molecule has 7 nitrogen and oxygen atoms in total. The largest absolute Gasteiger partial charge is 0.492 e. The minimum Gasteiger partial charge on any atom is -0.492 e. The van der Waals surface area contributed by atoms with Crippen molar-refractivity contribution in [2.75, 3.05) is 6.61 Å². The Hall–Kier alpha value is -2.35. The number of fused-ring (bicyclic) bond motifs is 1. The van der Waals surface area contributed by atoms with Gasteiger partial charge in [-0.2, -0.15) is 0 Å². The molecule has 2 heterocycles. The Kier molecular flexibility index (Phi) is 4.55. The van der Waals surface area contributed by atoms with Crippen LogP contribution in [0.2, 0.25) is 0 Å². The highest BCUT2D eigenvalue weighted by molar-refractivity contribution is 9.10. The zero-order valence-corrected chi connectivity index (χ0v) is 16.1. The highest BCUT2D eigenvalue weighted by Crippen LogP contribution is 2.18. The van der Waals surface area contributed by atoms with Gasteiger partial charge in [0.15, 0.2) is 15.9 Å². The number of benzene rings is 1. The van der Waals surface area contributed by atoms with Crippen LogP contribution in [-0.4, -0.2) is 25.3 Å². The molecule has 8 heteroatoms. The molecule has 0 radical (unpaired) electrons. The molecule has 0 unspecified atom stereocenters. The number of imidazole rings is 1. The maximum Gasteiger partial charge on any atom is 0.332 e. The van der Waals surface area contributed by atoms with E-state index < -0.39 is 5.56 Å². The molecule has 0 spiro atoms. The summed E-state index contributed by atoms with van der Waals surface area (Å²) in [5.74, 6) is 0.794. The second kappa shape index (κ2) is 6.51. The Morgan fingerprint density at radius 2 is 1.72 bits per heavy atom. The second-order valence-electron chi connectivity index (χ2n) is 6.08. The third-order valence-corrected chi connectivity index (χ3v) is 4.68. The van der Waals surface area contributed by atoms with Gasteiger partial charge in [0.2, 0.25) is 0 Å². The average molecular weight is 407 g/mol. The fourth-order valence-electron chi connectivity index (χ4n) is 2.93. The molecule has 0 aliphatic carbocycles. The molecular weight excluding hydrogens is 388 g/mol. The third kappa shape index (κ3) is 3.13. The molecule has 25 heavy (non-hydrogen) atoms. The van der Waals surface area contributed by atoms with E-state index >= 15 is 0 Å². The number of hydrogen-bond acceptors (Lipinski definition) is 4. The quantitative estimate of drug-likeness (QED) is 0.620. The van der Waals surface area contributed by atoms with Gasteiger partial charge in [0.1, 0.15) is 12.4 Å². The van der Waals surface area contributed by atoms with Crippen LogP contribution >= 0.6 is 15.9 Å². The van der Waals surface area contributed by atoms with Crippen molar-refractivity contribution in [2.24, 2.45) is 14.1 Å². The Bertz CT molecular complexity index is 1060. The van der Waals surface area contributed by atoms with E-state index in [4.69, 9.17) is 4.74 Å². The van der Waals surface area contributed by atoms with Crippen LogP contribution in [-0.2, 0) is 20.6 Å². The molecule has 3 rings (SSSR count). The molecule has 0 aliphatic rings. The minimum atomic E-state index is -0.409. The lowest BCUT2D eigenvalue weighted by Crippen LogP contribution is -2.37. The van der Waals surface area contributed by atoms with Crippen LogP contribution in [0.4, 0.5) is 0 Å². The van der Waals surface area contributed by atoms with Gasteiger partial charge >= 0.3 is 5.69 Å². The minimum absolute atomic E-state index is 0.253. The van der Waals surface area contributed by atoms with Crippen LogP contribution in [0.1, 0.15) is 11.1 Å². The summed E-state index contributed by atoms with van der Waals surface area (Å²) in [6, 6.07) is 6.03. The van der Waals surface area contributed by atoms with E-state index in [9.17, 15) is 9.59 Å². The van der Waals surface area contributed by atoms with Crippen molar-refractivity contribution in [3.05, 3.63) is 54.9 Å². The zero-order chi connectivity index (χ0) is 18.3. The molecule has 0 saturated carbocycles. The van der Waals surface area contributed by atoms with Crippen molar-refractivity contribution in [3.63, 3.8) is 0 Å². The molecule has 0 saturated heterocycles.